The van der Waals surface area contributed by atoms with E-state index in [9.17, 15) is 4.79 Å². The molecule has 126 valence electrons. The molecule has 1 aromatic rings. The number of carbonyl (C=O) groups excluding carboxylic acids is 1. The maximum atomic E-state index is 11.8. The number of hydrogen-bond acceptors (Lipinski definition) is 3. The summed E-state index contributed by atoms with van der Waals surface area (Å²) >= 11 is 0. The van der Waals surface area contributed by atoms with Gasteiger partial charge in [0.2, 0.25) is 5.91 Å². The van der Waals surface area contributed by atoms with Gasteiger partial charge in [-0.15, -0.1) is 0 Å². The average Bonchev–Trinajstić information content (AvgIpc) is 3.05. The highest BCUT2D eigenvalue weighted by Crippen LogP contribution is 2.27. The normalized spacial score (nSPS) is 15.4. The highest BCUT2D eigenvalue weighted by atomic mass is 16.5. The van der Waals surface area contributed by atoms with Gasteiger partial charge in [0.05, 0.1) is 19.3 Å². The lowest BCUT2D eigenvalue weighted by atomic mass is 10.0. The van der Waals surface area contributed by atoms with Crippen molar-refractivity contribution < 1.29 is 9.53 Å². The summed E-state index contributed by atoms with van der Waals surface area (Å²) in [5, 5.41) is 5.90. The Morgan fingerprint density at radius 3 is 2.83 bits per heavy atom. The number of rotatable bonds is 7. The van der Waals surface area contributed by atoms with Crippen molar-refractivity contribution in [1.29, 1.82) is 0 Å². The summed E-state index contributed by atoms with van der Waals surface area (Å²) < 4.78 is 5.24. The van der Waals surface area contributed by atoms with Gasteiger partial charge in [0.15, 0.2) is 5.96 Å². The van der Waals surface area contributed by atoms with E-state index in [0.717, 1.165) is 5.69 Å². The van der Waals surface area contributed by atoms with E-state index in [1.54, 1.807) is 7.11 Å². The standard InChI is InChI=1S/C17H26N4O2/c1-23-15-9-5-4-8-14(15)21-17(18)20-11-10-19-16(22)12-13-6-2-3-7-13/h4-5,8-9,13H,2-3,6-7,10-12H2,1H3,(H,19,22)(H3,18,20,21). The van der Waals surface area contributed by atoms with Gasteiger partial charge < -0.3 is 21.1 Å². The molecule has 0 aromatic heterocycles. The number of nitrogens with two attached hydrogens (primary N) is 1. The Labute approximate surface area is 137 Å². The number of hydrogen-bond donors (Lipinski definition) is 3. The van der Waals surface area contributed by atoms with Crippen molar-refractivity contribution in [3.8, 4) is 5.75 Å². The van der Waals surface area contributed by atoms with Gasteiger partial charge in [-0.05, 0) is 30.9 Å². The maximum Gasteiger partial charge on any atom is 0.220 e. The molecule has 2 rings (SSSR count). The molecule has 1 amide bonds. The predicted octanol–water partition coefficient (Wildman–Crippen LogP) is 2.12. The van der Waals surface area contributed by atoms with Crippen molar-refractivity contribution in [3.63, 3.8) is 0 Å². The van der Waals surface area contributed by atoms with Gasteiger partial charge in [-0.2, -0.15) is 0 Å². The Morgan fingerprint density at radius 1 is 1.35 bits per heavy atom. The maximum absolute atomic E-state index is 11.8. The number of nitrogens with one attached hydrogen (secondary N) is 2. The highest BCUT2D eigenvalue weighted by Gasteiger charge is 2.17. The molecule has 23 heavy (non-hydrogen) atoms. The van der Waals surface area contributed by atoms with Crippen LogP contribution in [0.4, 0.5) is 5.69 Å². The molecule has 0 aliphatic heterocycles. The number of benzene rings is 1. The van der Waals surface area contributed by atoms with Crippen molar-refractivity contribution in [1.82, 2.24) is 5.32 Å². The molecule has 1 aliphatic carbocycles. The largest absolute Gasteiger partial charge is 0.495 e. The van der Waals surface area contributed by atoms with E-state index in [4.69, 9.17) is 10.5 Å². The Hall–Kier alpha value is -2.24. The molecule has 1 aromatic carbocycles. The fraction of sp³-hybridized carbons (Fsp3) is 0.529. The minimum Gasteiger partial charge on any atom is -0.495 e. The number of nitrogens with zero attached hydrogens (tertiary/aromatic N) is 1. The van der Waals surface area contributed by atoms with Gasteiger partial charge in [-0.1, -0.05) is 25.0 Å². The van der Waals surface area contributed by atoms with Crippen LogP contribution in [0.5, 0.6) is 5.75 Å². The first kappa shape index (κ1) is 17.1. The van der Waals surface area contributed by atoms with Crippen molar-refractivity contribution in [2.45, 2.75) is 32.1 Å². The zero-order valence-corrected chi connectivity index (χ0v) is 13.7. The second-order valence-electron chi connectivity index (χ2n) is 5.80. The molecule has 4 N–H and O–H groups in total. The number of carbonyl (C=O) groups is 1. The van der Waals surface area contributed by atoms with Crippen LogP contribution in [0.25, 0.3) is 0 Å². The van der Waals surface area contributed by atoms with Gasteiger partial charge in [0.25, 0.3) is 0 Å². The lowest BCUT2D eigenvalue weighted by Gasteiger charge is -2.10. The first-order valence-corrected chi connectivity index (χ1v) is 8.15. The molecule has 0 atom stereocenters. The third kappa shape index (κ3) is 5.81. The van der Waals surface area contributed by atoms with Crippen LogP contribution in [0.2, 0.25) is 0 Å². The quantitative estimate of drug-likeness (QED) is 0.408. The summed E-state index contributed by atoms with van der Waals surface area (Å²) in [5.41, 5.74) is 6.61. The van der Waals surface area contributed by atoms with Crippen LogP contribution in [-0.2, 0) is 4.79 Å². The van der Waals surface area contributed by atoms with Crippen LogP contribution in [0.3, 0.4) is 0 Å². The number of guanidine groups is 1. The first-order chi connectivity index (χ1) is 11.2. The highest BCUT2D eigenvalue weighted by molar-refractivity contribution is 5.93. The van der Waals surface area contributed by atoms with Crippen LogP contribution in [0.1, 0.15) is 32.1 Å². The van der Waals surface area contributed by atoms with Crippen molar-refractivity contribution >= 4 is 17.6 Å². The number of methoxy groups -OCH3 is 1. The van der Waals surface area contributed by atoms with Crippen LogP contribution in [-0.4, -0.2) is 32.1 Å². The Morgan fingerprint density at radius 2 is 2.09 bits per heavy atom. The number of anilines is 1. The van der Waals surface area contributed by atoms with E-state index in [1.807, 2.05) is 24.3 Å². The second-order valence-corrected chi connectivity index (χ2v) is 5.80. The zero-order valence-electron chi connectivity index (χ0n) is 13.7. The van der Waals surface area contributed by atoms with Gasteiger partial charge in [0, 0.05) is 13.0 Å². The summed E-state index contributed by atoms with van der Waals surface area (Å²) in [6.07, 6.45) is 5.52. The van der Waals surface area contributed by atoms with E-state index in [-0.39, 0.29) is 5.91 Å². The smallest absolute Gasteiger partial charge is 0.220 e. The number of para-hydroxylation sites is 2. The van der Waals surface area contributed by atoms with Crippen LogP contribution in [0.15, 0.2) is 29.3 Å². The van der Waals surface area contributed by atoms with Crippen LogP contribution in [0, 0.1) is 5.92 Å². The van der Waals surface area contributed by atoms with Crippen molar-refractivity contribution in [2.75, 3.05) is 25.5 Å². The monoisotopic (exact) mass is 318 g/mol. The summed E-state index contributed by atoms with van der Waals surface area (Å²) in [5.74, 6) is 1.69. The molecule has 0 bridgehead atoms. The second kappa shape index (κ2) is 9.02. The minimum atomic E-state index is 0.114. The molecule has 1 fully saturated rings. The molecule has 6 nitrogen and oxygen atoms in total. The minimum absolute atomic E-state index is 0.114. The molecule has 6 heteroatoms. The van der Waals surface area contributed by atoms with Gasteiger partial charge in [0.1, 0.15) is 5.75 Å². The van der Waals surface area contributed by atoms with E-state index < -0.39 is 0 Å². The molecule has 1 aliphatic rings. The zero-order chi connectivity index (χ0) is 16.5. The molecule has 0 spiro atoms. The summed E-state index contributed by atoms with van der Waals surface area (Å²) in [6.45, 7) is 0.949. The molecular weight excluding hydrogens is 292 g/mol. The fourth-order valence-electron chi connectivity index (χ4n) is 2.85. The Kier molecular flexibility index (Phi) is 6.72. The molecule has 0 saturated heterocycles. The van der Waals surface area contributed by atoms with Crippen LogP contribution >= 0.6 is 0 Å². The van der Waals surface area contributed by atoms with Crippen LogP contribution < -0.4 is 21.1 Å². The third-order valence-electron chi connectivity index (χ3n) is 4.03. The van der Waals surface area contributed by atoms with Crippen molar-refractivity contribution in [2.24, 2.45) is 16.6 Å². The predicted molar refractivity (Wildman–Crippen MR) is 92.7 cm³/mol. The molecule has 1 saturated carbocycles. The van der Waals surface area contributed by atoms with Gasteiger partial charge in [-0.25, -0.2) is 0 Å². The molecule has 0 heterocycles. The molecule has 0 radical (unpaired) electrons. The van der Waals surface area contributed by atoms with Crippen molar-refractivity contribution in [3.05, 3.63) is 24.3 Å². The molecule has 0 unspecified atom stereocenters. The number of amides is 1. The lowest BCUT2D eigenvalue weighted by molar-refractivity contribution is -0.121. The Balaban J connectivity index is 1.69. The summed E-state index contributed by atoms with van der Waals surface area (Å²) in [7, 11) is 1.60. The van der Waals surface area contributed by atoms with Gasteiger partial charge >= 0.3 is 0 Å². The summed E-state index contributed by atoms with van der Waals surface area (Å²) in [6, 6.07) is 7.49. The lowest BCUT2D eigenvalue weighted by Crippen LogP contribution is -2.29. The van der Waals surface area contributed by atoms with E-state index in [1.165, 1.54) is 25.7 Å². The average molecular weight is 318 g/mol. The number of ether oxygens (including phenoxy) is 1. The SMILES string of the molecule is COc1ccccc1NC(N)=NCCNC(=O)CC1CCCC1. The summed E-state index contributed by atoms with van der Waals surface area (Å²) in [4.78, 5) is 16.0. The van der Waals surface area contributed by atoms with E-state index >= 15 is 0 Å². The van der Waals surface area contributed by atoms with E-state index in [2.05, 4.69) is 15.6 Å². The van der Waals surface area contributed by atoms with E-state index in [0.29, 0.717) is 37.1 Å². The topological polar surface area (TPSA) is 88.7 Å². The third-order valence-corrected chi connectivity index (χ3v) is 4.03. The Bertz CT molecular complexity index is 539. The number of aliphatic imine (C=N–C) groups is 1. The first-order valence-electron chi connectivity index (χ1n) is 8.15. The van der Waals surface area contributed by atoms with Gasteiger partial charge in [-0.3, -0.25) is 9.79 Å². The fourth-order valence-corrected chi connectivity index (χ4v) is 2.85. The molecular formula is C17H26N4O2.